The second-order valence-electron chi connectivity index (χ2n) is 6.33. The van der Waals surface area contributed by atoms with E-state index in [0.717, 1.165) is 15.8 Å². The molecule has 1 unspecified atom stereocenters. The summed E-state index contributed by atoms with van der Waals surface area (Å²) in [6.07, 6.45) is 0.551. The minimum Gasteiger partial charge on any atom is -0.408 e. The fraction of sp³-hybridized carbons (Fsp3) is 0.150. The number of rotatable bonds is 5. The first kappa shape index (κ1) is 17.9. The smallest absolute Gasteiger partial charge is 0.408 e. The van der Waals surface area contributed by atoms with Crippen LogP contribution in [0.1, 0.15) is 4.88 Å². The fourth-order valence-electron chi connectivity index (χ4n) is 3.14. The summed E-state index contributed by atoms with van der Waals surface area (Å²) in [6, 6.07) is 12.0. The largest absolute Gasteiger partial charge is 0.419 e. The van der Waals surface area contributed by atoms with Crippen LogP contribution in [-0.2, 0) is 18.3 Å². The van der Waals surface area contributed by atoms with Gasteiger partial charge in [0.2, 0.25) is 6.41 Å². The van der Waals surface area contributed by atoms with Gasteiger partial charge in [0.05, 0.1) is 11.6 Å². The lowest BCUT2D eigenvalue weighted by Gasteiger charge is -2.04. The first-order valence-corrected chi connectivity index (χ1v) is 9.23. The number of hydrogen-bond acceptors (Lipinski definition) is 5. The van der Waals surface area contributed by atoms with Crippen LogP contribution in [0, 0.1) is 17.1 Å². The molecule has 0 saturated carbocycles. The summed E-state index contributed by atoms with van der Waals surface area (Å²) < 4.78 is 22.0. The van der Waals surface area contributed by atoms with Gasteiger partial charge in [-0.15, -0.1) is 11.3 Å². The van der Waals surface area contributed by atoms with Gasteiger partial charge in [0.15, 0.2) is 5.58 Å². The van der Waals surface area contributed by atoms with Crippen molar-refractivity contribution in [2.75, 3.05) is 0 Å². The maximum atomic E-state index is 14.7. The van der Waals surface area contributed by atoms with E-state index >= 15 is 0 Å². The minimum absolute atomic E-state index is 0.110. The Morgan fingerprint density at radius 1 is 1.32 bits per heavy atom. The monoisotopic (exact) mass is 395 g/mol. The lowest BCUT2D eigenvalue weighted by atomic mass is 10.0. The van der Waals surface area contributed by atoms with Crippen molar-refractivity contribution in [3.8, 4) is 17.2 Å². The molecule has 6 nitrogen and oxygen atoms in total. The predicted molar refractivity (Wildman–Crippen MR) is 105 cm³/mol. The van der Waals surface area contributed by atoms with Gasteiger partial charge in [0.1, 0.15) is 11.9 Å². The van der Waals surface area contributed by atoms with E-state index in [0.29, 0.717) is 27.8 Å². The van der Waals surface area contributed by atoms with Gasteiger partial charge in [-0.2, -0.15) is 5.26 Å². The Balaban J connectivity index is 1.76. The van der Waals surface area contributed by atoms with E-state index in [1.54, 1.807) is 19.2 Å². The summed E-state index contributed by atoms with van der Waals surface area (Å²) in [7, 11) is 1.64. The average Bonchev–Trinajstić information content (AvgIpc) is 3.17. The molecule has 28 heavy (non-hydrogen) atoms. The lowest BCUT2D eigenvalue weighted by Crippen LogP contribution is -2.28. The number of thiophene rings is 1. The molecule has 0 radical (unpaired) electrons. The summed E-state index contributed by atoms with van der Waals surface area (Å²) in [5.41, 5.74) is 2.93. The molecule has 0 saturated heterocycles. The molecule has 0 aliphatic heterocycles. The van der Waals surface area contributed by atoms with Gasteiger partial charge in [0.25, 0.3) is 0 Å². The number of benzene rings is 2. The number of carbonyl (C=O) groups is 1. The highest BCUT2D eigenvalue weighted by atomic mass is 32.1. The van der Waals surface area contributed by atoms with Gasteiger partial charge >= 0.3 is 5.76 Å². The van der Waals surface area contributed by atoms with Crippen molar-refractivity contribution >= 4 is 38.9 Å². The SMILES string of the molecule is Cn1c(=O)oc2ccc(-c3ccc4c(F)c(CC(C#N)NC=O)sc4c3)cc21. The molecule has 0 aliphatic carbocycles. The van der Waals surface area contributed by atoms with Crippen molar-refractivity contribution in [3.63, 3.8) is 0 Å². The van der Waals surface area contributed by atoms with Gasteiger partial charge in [-0.3, -0.25) is 9.36 Å². The molecule has 1 N–H and O–H groups in total. The standard InChI is InChI=1S/C20H14FN3O3S/c1-24-15-6-11(3-5-16(15)27-20(24)26)12-2-4-14-17(7-12)28-18(19(14)21)8-13(9-22)23-10-25/h2-7,10,13H,8H2,1H3,(H,23,25). The number of aryl methyl sites for hydroxylation is 1. The highest BCUT2D eigenvalue weighted by Crippen LogP contribution is 2.34. The maximum absolute atomic E-state index is 14.7. The van der Waals surface area contributed by atoms with Crippen LogP contribution in [0.4, 0.5) is 4.39 Å². The second kappa shape index (κ2) is 6.94. The number of nitrogens with one attached hydrogen (secondary N) is 1. The van der Waals surface area contributed by atoms with Crippen LogP contribution < -0.4 is 11.1 Å². The predicted octanol–water partition coefficient (Wildman–Crippen LogP) is 3.33. The molecule has 2 heterocycles. The minimum atomic E-state index is -0.774. The Kier molecular flexibility index (Phi) is 4.45. The summed E-state index contributed by atoms with van der Waals surface area (Å²) in [5.74, 6) is -0.796. The van der Waals surface area contributed by atoms with Crippen molar-refractivity contribution in [1.29, 1.82) is 5.26 Å². The van der Waals surface area contributed by atoms with Crippen LogP contribution in [0.5, 0.6) is 0 Å². The van der Waals surface area contributed by atoms with E-state index in [1.165, 1.54) is 15.9 Å². The number of nitrogens with zero attached hydrogens (tertiary/aromatic N) is 2. The molecule has 4 rings (SSSR count). The Morgan fingerprint density at radius 2 is 2.07 bits per heavy atom. The molecule has 2 aromatic carbocycles. The van der Waals surface area contributed by atoms with Crippen LogP contribution in [-0.4, -0.2) is 17.0 Å². The Bertz CT molecular complexity index is 1310. The highest BCUT2D eigenvalue weighted by Gasteiger charge is 2.17. The van der Waals surface area contributed by atoms with Crippen molar-refractivity contribution < 1.29 is 13.6 Å². The Hall–Kier alpha value is -3.44. The summed E-state index contributed by atoms with van der Waals surface area (Å²) in [4.78, 5) is 22.6. The highest BCUT2D eigenvalue weighted by molar-refractivity contribution is 7.19. The first-order chi connectivity index (χ1) is 13.5. The number of fused-ring (bicyclic) bond motifs is 2. The maximum Gasteiger partial charge on any atom is 0.419 e. The van der Waals surface area contributed by atoms with Crippen molar-refractivity contribution in [3.05, 3.63) is 57.6 Å². The quantitative estimate of drug-likeness (QED) is 0.525. The molecule has 2 aromatic heterocycles. The van der Waals surface area contributed by atoms with Crippen LogP contribution >= 0.6 is 11.3 Å². The van der Waals surface area contributed by atoms with Crippen LogP contribution in [0.3, 0.4) is 0 Å². The molecule has 1 atom stereocenters. The molecule has 1 amide bonds. The zero-order chi connectivity index (χ0) is 19.8. The molecular formula is C20H14FN3O3S. The summed E-state index contributed by atoms with van der Waals surface area (Å²) >= 11 is 1.26. The first-order valence-electron chi connectivity index (χ1n) is 8.42. The summed E-state index contributed by atoms with van der Waals surface area (Å²) in [6.45, 7) is 0. The number of aromatic nitrogens is 1. The third-order valence-corrected chi connectivity index (χ3v) is 5.79. The molecular weight excluding hydrogens is 381 g/mol. The van der Waals surface area contributed by atoms with E-state index in [-0.39, 0.29) is 12.2 Å². The average molecular weight is 395 g/mol. The third-order valence-electron chi connectivity index (χ3n) is 4.64. The molecule has 0 bridgehead atoms. The van der Waals surface area contributed by atoms with Gasteiger partial charge < -0.3 is 9.73 Å². The topological polar surface area (TPSA) is 88.0 Å². The van der Waals surface area contributed by atoms with Crippen LogP contribution in [0.25, 0.3) is 32.3 Å². The normalized spacial score (nSPS) is 12.2. The van der Waals surface area contributed by atoms with E-state index in [9.17, 15) is 14.0 Å². The number of hydrogen-bond donors (Lipinski definition) is 1. The van der Waals surface area contributed by atoms with E-state index in [2.05, 4.69) is 5.32 Å². The van der Waals surface area contributed by atoms with Crippen LogP contribution in [0.2, 0.25) is 0 Å². The Labute approximate surface area is 162 Å². The fourth-order valence-corrected chi connectivity index (χ4v) is 4.31. The Morgan fingerprint density at radius 3 is 2.82 bits per heavy atom. The molecule has 0 aliphatic rings. The van der Waals surface area contributed by atoms with Crippen molar-refractivity contribution in [1.82, 2.24) is 9.88 Å². The van der Waals surface area contributed by atoms with Gasteiger partial charge in [-0.05, 0) is 35.4 Å². The van der Waals surface area contributed by atoms with E-state index < -0.39 is 11.8 Å². The number of oxazole rings is 1. The number of amides is 1. The molecule has 4 aromatic rings. The third kappa shape index (κ3) is 2.96. The zero-order valence-corrected chi connectivity index (χ0v) is 15.5. The van der Waals surface area contributed by atoms with Crippen LogP contribution in [0.15, 0.2) is 45.6 Å². The molecule has 0 fully saturated rings. The summed E-state index contributed by atoms with van der Waals surface area (Å²) in [5, 5.41) is 11.9. The molecule has 0 spiro atoms. The zero-order valence-electron chi connectivity index (χ0n) is 14.7. The molecule has 140 valence electrons. The number of halogens is 1. The van der Waals surface area contributed by atoms with E-state index in [4.69, 9.17) is 9.68 Å². The molecule has 8 heteroatoms. The van der Waals surface area contributed by atoms with E-state index in [1.807, 2.05) is 30.3 Å². The van der Waals surface area contributed by atoms with Gasteiger partial charge in [-0.25, -0.2) is 9.18 Å². The van der Waals surface area contributed by atoms with Crippen molar-refractivity contribution in [2.24, 2.45) is 7.05 Å². The number of nitriles is 1. The second-order valence-corrected chi connectivity index (χ2v) is 7.47. The van der Waals surface area contributed by atoms with Gasteiger partial charge in [0, 0.05) is 28.4 Å². The lowest BCUT2D eigenvalue weighted by molar-refractivity contribution is -0.109. The van der Waals surface area contributed by atoms with Gasteiger partial charge in [-0.1, -0.05) is 12.1 Å². The van der Waals surface area contributed by atoms with Crippen molar-refractivity contribution in [2.45, 2.75) is 12.5 Å². The number of carbonyl (C=O) groups excluding carboxylic acids is 1.